The van der Waals surface area contributed by atoms with E-state index < -0.39 is 0 Å². The lowest BCUT2D eigenvalue weighted by Crippen LogP contribution is -2.29. The van der Waals surface area contributed by atoms with Gasteiger partial charge in [0.2, 0.25) is 5.95 Å². The minimum Gasteiger partial charge on any atom is -0.392 e. The smallest absolute Gasteiger partial charge is 0.271 e. The Bertz CT molecular complexity index is 1100. The predicted octanol–water partition coefficient (Wildman–Crippen LogP) is 2.79. The summed E-state index contributed by atoms with van der Waals surface area (Å²) in [5.74, 6) is 0.618. The average Bonchev–Trinajstić information content (AvgIpc) is 2.71. The van der Waals surface area contributed by atoms with Crippen LogP contribution in [0.15, 0.2) is 41.3 Å². The number of aliphatic hydroxyl groups excluding tert-OH is 1. The van der Waals surface area contributed by atoms with Crippen LogP contribution < -0.4 is 16.2 Å². The summed E-state index contributed by atoms with van der Waals surface area (Å²) in [5, 5.41) is 15.9. The highest BCUT2D eigenvalue weighted by Gasteiger charge is 2.17. The lowest BCUT2D eigenvalue weighted by atomic mass is 10.1. The molecule has 0 spiro atoms. The zero-order valence-electron chi connectivity index (χ0n) is 15.9. The lowest BCUT2D eigenvalue weighted by Gasteiger charge is -2.24. The maximum Gasteiger partial charge on any atom is 0.271 e. The second-order valence-corrected chi connectivity index (χ2v) is 7.37. The fraction of sp³-hybridized carbons (Fsp3) is 0.250. The summed E-state index contributed by atoms with van der Waals surface area (Å²) >= 11 is 6.24. The van der Waals surface area contributed by atoms with Crippen LogP contribution in [0.2, 0.25) is 5.02 Å². The van der Waals surface area contributed by atoms with Crippen LogP contribution in [0.5, 0.6) is 0 Å². The number of rotatable bonds is 5. The summed E-state index contributed by atoms with van der Waals surface area (Å²) in [6.45, 7) is 1.57. The van der Waals surface area contributed by atoms with Crippen molar-refractivity contribution in [1.29, 1.82) is 0 Å². The van der Waals surface area contributed by atoms with E-state index in [0.717, 1.165) is 30.8 Å². The van der Waals surface area contributed by atoms with Gasteiger partial charge in [0.25, 0.3) is 5.56 Å². The molecule has 0 bridgehead atoms. The number of aromatic nitrogens is 3. The fourth-order valence-electron chi connectivity index (χ4n) is 3.28. The number of anilines is 4. The molecule has 8 nitrogen and oxygen atoms in total. The second-order valence-electron chi connectivity index (χ2n) is 6.96. The van der Waals surface area contributed by atoms with Crippen LogP contribution in [0.3, 0.4) is 0 Å². The zero-order valence-corrected chi connectivity index (χ0v) is 16.6. The average molecular weight is 413 g/mol. The molecule has 3 aromatic rings. The van der Waals surface area contributed by atoms with Crippen LogP contribution in [0.4, 0.5) is 23.1 Å². The first-order valence-corrected chi connectivity index (χ1v) is 9.60. The molecule has 0 saturated carbocycles. The molecule has 1 aromatic carbocycles. The molecule has 0 radical (unpaired) electrons. The predicted molar refractivity (Wildman–Crippen MR) is 113 cm³/mol. The van der Waals surface area contributed by atoms with E-state index in [4.69, 9.17) is 11.6 Å². The Morgan fingerprint density at radius 3 is 2.93 bits per heavy atom. The number of nitrogens with zero attached hydrogens (tertiary/aromatic N) is 3. The van der Waals surface area contributed by atoms with Gasteiger partial charge in [-0.1, -0.05) is 29.8 Å². The van der Waals surface area contributed by atoms with Crippen molar-refractivity contribution in [1.82, 2.24) is 19.9 Å². The van der Waals surface area contributed by atoms with E-state index in [1.807, 2.05) is 31.3 Å². The normalized spacial score (nSPS) is 13.8. The summed E-state index contributed by atoms with van der Waals surface area (Å²) in [4.78, 5) is 26.2. The molecule has 9 heteroatoms. The van der Waals surface area contributed by atoms with E-state index >= 15 is 0 Å². The highest BCUT2D eigenvalue weighted by Crippen LogP contribution is 2.27. The molecule has 4 rings (SSSR count). The lowest BCUT2D eigenvalue weighted by molar-refractivity contribution is 0.282. The van der Waals surface area contributed by atoms with Crippen LogP contribution in [0.25, 0.3) is 0 Å². The second kappa shape index (κ2) is 8.20. The van der Waals surface area contributed by atoms with Crippen LogP contribution in [-0.4, -0.2) is 38.6 Å². The highest BCUT2D eigenvalue weighted by molar-refractivity contribution is 6.32. The Balaban J connectivity index is 1.61. The van der Waals surface area contributed by atoms with Gasteiger partial charge in [-0.05, 0) is 24.7 Å². The molecule has 0 aliphatic carbocycles. The number of nitrogens with one attached hydrogen (secondary N) is 3. The maximum atomic E-state index is 12.4. The minimum atomic E-state index is -0.216. The first kappa shape index (κ1) is 19.4. The molecule has 150 valence electrons. The SMILES string of the molecule is CN1CCc2[nH]c(=O)c(Nc3ncc(Cl)c(Nc4ccccc4CO)n3)cc2C1. The molecule has 3 heterocycles. The number of pyridine rings is 1. The van der Waals surface area contributed by atoms with E-state index in [0.29, 0.717) is 27.8 Å². The van der Waals surface area contributed by atoms with Crippen LogP contribution in [-0.2, 0) is 19.6 Å². The van der Waals surface area contributed by atoms with Crippen LogP contribution in [0, 0.1) is 0 Å². The van der Waals surface area contributed by atoms with Crippen molar-refractivity contribution in [2.24, 2.45) is 0 Å². The number of fused-ring (bicyclic) bond motifs is 1. The first-order chi connectivity index (χ1) is 14.0. The third-order valence-electron chi connectivity index (χ3n) is 4.83. The Kier molecular flexibility index (Phi) is 5.48. The largest absolute Gasteiger partial charge is 0.392 e. The molecule has 4 N–H and O–H groups in total. The van der Waals surface area contributed by atoms with Crippen molar-refractivity contribution in [2.75, 3.05) is 24.2 Å². The van der Waals surface area contributed by atoms with Crippen molar-refractivity contribution in [2.45, 2.75) is 19.6 Å². The molecule has 29 heavy (non-hydrogen) atoms. The molecule has 0 fully saturated rings. The number of likely N-dealkylation sites (N-methyl/N-ethyl adjacent to an activating group) is 1. The highest BCUT2D eigenvalue weighted by atomic mass is 35.5. The Labute approximate surface area is 172 Å². The summed E-state index contributed by atoms with van der Waals surface area (Å²) in [7, 11) is 2.05. The Morgan fingerprint density at radius 1 is 1.28 bits per heavy atom. The van der Waals surface area contributed by atoms with E-state index in [1.165, 1.54) is 6.20 Å². The molecule has 2 aromatic heterocycles. The Hall–Kier alpha value is -2.94. The topological polar surface area (TPSA) is 106 Å². The van der Waals surface area contributed by atoms with Crippen molar-refractivity contribution < 1.29 is 5.11 Å². The standard InChI is InChI=1S/C20H21ClN6O2/c1-27-7-6-16-13(10-27)8-17(19(29)24-16)25-20-22-9-14(21)18(26-20)23-15-5-3-2-4-12(15)11-28/h2-5,8-9,28H,6-7,10-11H2,1H3,(H,24,29)(H2,22,23,25,26). The third kappa shape index (κ3) is 4.24. The summed E-state index contributed by atoms with van der Waals surface area (Å²) in [6, 6.07) is 9.16. The van der Waals surface area contributed by atoms with Gasteiger partial charge in [-0.2, -0.15) is 4.98 Å². The number of aliphatic hydroxyl groups is 1. The third-order valence-corrected chi connectivity index (χ3v) is 5.11. The van der Waals surface area contributed by atoms with Gasteiger partial charge in [-0.25, -0.2) is 4.98 Å². The molecule has 0 amide bonds. The summed E-state index contributed by atoms with van der Waals surface area (Å²) in [6.07, 6.45) is 2.28. The van der Waals surface area contributed by atoms with Gasteiger partial charge in [0.05, 0.1) is 12.8 Å². The van der Waals surface area contributed by atoms with Gasteiger partial charge in [-0.3, -0.25) is 4.79 Å². The van der Waals surface area contributed by atoms with E-state index in [1.54, 1.807) is 6.07 Å². The van der Waals surface area contributed by atoms with E-state index in [-0.39, 0.29) is 18.1 Å². The quantitative estimate of drug-likeness (QED) is 0.510. The van der Waals surface area contributed by atoms with Gasteiger partial charge in [0, 0.05) is 36.5 Å². The zero-order chi connectivity index (χ0) is 20.4. The first-order valence-electron chi connectivity index (χ1n) is 9.22. The summed E-state index contributed by atoms with van der Waals surface area (Å²) in [5.41, 5.74) is 3.61. The van der Waals surface area contributed by atoms with Gasteiger partial charge in [-0.15, -0.1) is 0 Å². The molecule has 0 unspecified atom stereocenters. The maximum absolute atomic E-state index is 12.4. The van der Waals surface area contributed by atoms with Gasteiger partial charge >= 0.3 is 0 Å². The van der Waals surface area contributed by atoms with Gasteiger partial charge in [0.15, 0.2) is 5.82 Å². The number of hydrogen-bond acceptors (Lipinski definition) is 7. The summed E-state index contributed by atoms with van der Waals surface area (Å²) < 4.78 is 0. The number of H-pyrrole nitrogens is 1. The number of para-hydroxylation sites is 1. The van der Waals surface area contributed by atoms with E-state index in [2.05, 4.69) is 30.5 Å². The number of benzene rings is 1. The van der Waals surface area contributed by atoms with Crippen molar-refractivity contribution in [3.63, 3.8) is 0 Å². The Morgan fingerprint density at radius 2 is 2.10 bits per heavy atom. The molecular weight excluding hydrogens is 392 g/mol. The fourth-order valence-corrected chi connectivity index (χ4v) is 3.42. The molecule has 1 aliphatic heterocycles. The van der Waals surface area contributed by atoms with Crippen molar-refractivity contribution in [3.8, 4) is 0 Å². The van der Waals surface area contributed by atoms with Crippen LogP contribution in [0.1, 0.15) is 16.8 Å². The number of hydrogen-bond donors (Lipinski definition) is 4. The molecule has 0 saturated heterocycles. The monoisotopic (exact) mass is 412 g/mol. The van der Waals surface area contributed by atoms with Crippen molar-refractivity contribution in [3.05, 3.63) is 68.7 Å². The van der Waals surface area contributed by atoms with Crippen LogP contribution >= 0.6 is 11.6 Å². The molecule has 1 aliphatic rings. The molecular formula is C20H21ClN6O2. The van der Waals surface area contributed by atoms with Gasteiger partial charge in [0.1, 0.15) is 10.7 Å². The molecule has 0 atom stereocenters. The van der Waals surface area contributed by atoms with Crippen molar-refractivity contribution >= 4 is 34.7 Å². The van der Waals surface area contributed by atoms with E-state index in [9.17, 15) is 9.90 Å². The number of halogens is 1. The minimum absolute atomic E-state index is 0.115. The van der Waals surface area contributed by atoms with Gasteiger partial charge < -0.3 is 25.6 Å². The number of aromatic amines is 1.